The van der Waals surface area contributed by atoms with Crippen LogP contribution in [0.1, 0.15) is 11.1 Å². The Bertz CT molecular complexity index is 945. The number of hydrogen-bond donors (Lipinski definition) is 1. The predicted octanol–water partition coefficient (Wildman–Crippen LogP) is 3.68. The van der Waals surface area contributed by atoms with E-state index in [2.05, 4.69) is 21.2 Å². The van der Waals surface area contributed by atoms with Crippen LogP contribution in [0.2, 0.25) is 0 Å². The molecule has 3 rings (SSSR count). The van der Waals surface area contributed by atoms with Gasteiger partial charge in [0.25, 0.3) is 0 Å². The molecule has 0 aliphatic heterocycles. The van der Waals surface area contributed by atoms with Crippen molar-refractivity contribution in [3.63, 3.8) is 0 Å². The lowest BCUT2D eigenvalue weighted by atomic mass is 10.1. The number of hydrogen-bond acceptors (Lipinski definition) is 5. The summed E-state index contributed by atoms with van der Waals surface area (Å²) < 4.78 is 10.7. The molecule has 0 radical (unpaired) electrons. The van der Waals surface area contributed by atoms with Crippen LogP contribution in [0.15, 0.2) is 36.7 Å². The van der Waals surface area contributed by atoms with E-state index >= 15 is 0 Å². The molecule has 24 heavy (non-hydrogen) atoms. The molecule has 120 valence electrons. The number of terminal acetylenes is 1. The largest absolute Gasteiger partial charge is 0.493 e. The van der Waals surface area contributed by atoms with E-state index in [0.717, 1.165) is 27.7 Å². The van der Waals surface area contributed by atoms with Crippen molar-refractivity contribution in [1.82, 2.24) is 9.97 Å². The molecular formula is C19H17N3O2. The van der Waals surface area contributed by atoms with E-state index in [1.807, 2.05) is 37.3 Å². The highest BCUT2D eigenvalue weighted by atomic mass is 16.5. The van der Waals surface area contributed by atoms with Gasteiger partial charge in [-0.25, -0.2) is 9.97 Å². The minimum absolute atomic E-state index is 0.622. The van der Waals surface area contributed by atoms with Crippen molar-refractivity contribution >= 4 is 22.4 Å². The summed E-state index contributed by atoms with van der Waals surface area (Å²) in [6.07, 6.45) is 7.00. The van der Waals surface area contributed by atoms with Crippen molar-refractivity contribution in [2.24, 2.45) is 0 Å². The minimum atomic E-state index is 0.622. The predicted molar refractivity (Wildman–Crippen MR) is 95.0 cm³/mol. The van der Waals surface area contributed by atoms with Gasteiger partial charge in [0.05, 0.1) is 19.7 Å². The van der Waals surface area contributed by atoms with E-state index in [0.29, 0.717) is 17.3 Å². The summed E-state index contributed by atoms with van der Waals surface area (Å²) in [5.74, 6) is 4.57. The van der Waals surface area contributed by atoms with E-state index in [1.54, 1.807) is 14.2 Å². The lowest BCUT2D eigenvalue weighted by molar-refractivity contribution is 0.356. The zero-order valence-electron chi connectivity index (χ0n) is 13.8. The van der Waals surface area contributed by atoms with Crippen LogP contribution in [0.5, 0.6) is 11.5 Å². The highest BCUT2D eigenvalue weighted by Gasteiger charge is 2.11. The Labute approximate surface area is 140 Å². The van der Waals surface area contributed by atoms with Crippen molar-refractivity contribution < 1.29 is 9.47 Å². The summed E-state index contributed by atoms with van der Waals surface area (Å²) in [6.45, 7) is 2.01. The van der Waals surface area contributed by atoms with Crippen LogP contribution in [0.4, 0.5) is 11.5 Å². The maximum absolute atomic E-state index is 5.49. The standard InChI is InChI=1S/C19H17N3O2/c1-5-13-7-6-12(2)15(8-13)22-19-14-9-17(23-3)18(24-4)10-16(14)20-11-21-19/h1,6-11H,2-4H3,(H,20,21,22). The van der Waals surface area contributed by atoms with Crippen LogP contribution < -0.4 is 14.8 Å². The first-order valence-corrected chi connectivity index (χ1v) is 7.37. The summed E-state index contributed by atoms with van der Waals surface area (Å²) in [5, 5.41) is 4.17. The van der Waals surface area contributed by atoms with Crippen molar-refractivity contribution in [2.75, 3.05) is 19.5 Å². The van der Waals surface area contributed by atoms with Crippen LogP contribution >= 0.6 is 0 Å². The third-order valence-electron chi connectivity index (χ3n) is 3.80. The number of fused-ring (bicyclic) bond motifs is 1. The summed E-state index contributed by atoms with van der Waals surface area (Å²) in [7, 11) is 3.19. The first kappa shape index (κ1) is 15.6. The van der Waals surface area contributed by atoms with Crippen LogP contribution in [0.3, 0.4) is 0 Å². The van der Waals surface area contributed by atoms with Gasteiger partial charge in [0.2, 0.25) is 0 Å². The number of ether oxygens (including phenoxy) is 2. The Balaban J connectivity index is 2.12. The van der Waals surface area contributed by atoms with Gasteiger partial charge in [-0.2, -0.15) is 0 Å². The lowest BCUT2D eigenvalue weighted by Crippen LogP contribution is -1.99. The third kappa shape index (κ3) is 2.82. The van der Waals surface area contributed by atoms with Crippen molar-refractivity contribution in [3.8, 4) is 23.8 Å². The van der Waals surface area contributed by atoms with Gasteiger partial charge in [0.15, 0.2) is 11.5 Å². The zero-order chi connectivity index (χ0) is 17.1. The average Bonchev–Trinajstić information content (AvgIpc) is 2.62. The van der Waals surface area contributed by atoms with E-state index in [-0.39, 0.29) is 0 Å². The zero-order valence-corrected chi connectivity index (χ0v) is 13.8. The average molecular weight is 319 g/mol. The number of benzene rings is 2. The van der Waals surface area contributed by atoms with Gasteiger partial charge in [-0.05, 0) is 30.7 Å². The maximum Gasteiger partial charge on any atom is 0.162 e. The minimum Gasteiger partial charge on any atom is -0.493 e. The summed E-state index contributed by atoms with van der Waals surface area (Å²) in [5.41, 5.74) is 3.54. The normalized spacial score (nSPS) is 10.2. The fourth-order valence-corrected chi connectivity index (χ4v) is 2.46. The summed E-state index contributed by atoms with van der Waals surface area (Å²) in [4.78, 5) is 8.66. The number of nitrogens with zero attached hydrogens (tertiary/aromatic N) is 2. The number of aromatic nitrogens is 2. The number of anilines is 2. The van der Waals surface area contributed by atoms with E-state index in [1.165, 1.54) is 6.33 Å². The van der Waals surface area contributed by atoms with Crippen molar-refractivity contribution in [1.29, 1.82) is 0 Å². The molecule has 5 nitrogen and oxygen atoms in total. The van der Waals surface area contributed by atoms with Gasteiger partial charge in [0, 0.05) is 22.7 Å². The fraction of sp³-hybridized carbons (Fsp3) is 0.158. The molecule has 2 aromatic carbocycles. The van der Waals surface area contributed by atoms with Crippen LogP contribution in [0, 0.1) is 19.3 Å². The molecule has 1 heterocycles. The van der Waals surface area contributed by atoms with Crippen LogP contribution in [0.25, 0.3) is 10.9 Å². The number of rotatable bonds is 4. The second-order valence-electron chi connectivity index (χ2n) is 5.25. The molecule has 0 saturated carbocycles. The Kier molecular flexibility index (Phi) is 4.21. The third-order valence-corrected chi connectivity index (χ3v) is 3.80. The Morgan fingerprint density at radius 2 is 1.79 bits per heavy atom. The van der Waals surface area contributed by atoms with Gasteiger partial charge >= 0.3 is 0 Å². The number of nitrogens with one attached hydrogen (secondary N) is 1. The van der Waals surface area contributed by atoms with Gasteiger partial charge in [-0.1, -0.05) is 12.0 Å². The summed E-state index contributed by atoms with van der Waals surface area (Å²) in [6, 6.07) is 9.49. The lowest BCUT2D eigenvalue weighted by Gasteiger charge is -2.13. The first-order valence-electron chi connectivity index (χ1n) is 7.37. The van der Waals surface area contributed by atoms with Gasteiger partial charge in [-0.15, -0.1) is 6.42 Å². The van der Waals surface area contributed by atoms with Gasteiger partial charge < -0.3 is 14.8 Å². The molecule has 0 aliphatic rings. The molecular weight excluding hydrogens is 302 g/mol. The van der Waals surface area contributed by atoms with E-state index in [4.69, 9.17) is 15.9 Å². The first-order chi connectivity index (χ1) is 11.7. The molecule has 0 amide bonds. The number of methoxy groups -OCH3 is 2. The quantitative estimate of drug-likeness (QED) is 0.743. The maximum atomic E-state index is 5.49. The Morgan fingerprint density at radius 1 is 1.04 bits per heavy atom. The summed E-state index contributed by atoms with van der Waals surface area (Å²) >= 11 is 0. The molecule has 0 bridgehead atoms. The smallest absolute Gasteiger partial charge is 0.162 e. The van der Waals surface area contributed by atoms with E-state index in [9.17, 15) is 0 Å². The molecule has 0 fully saturated rings. The van der Waals surface area contributed by atoms with E-state index < -0.39 is 0 Å². The highest BCUT2D eigenvalue weighted by Crippen LogP contribution is 2.34. The molecule has 5 heteroatoms. The Hall–Kier alpha value is -3.26. The van der Waals surface area contributed by atoms with Gasteiger partial charge in [0.1, 0.15) is 12.1 Å². The topological polar surface area (TPSA) is 56.3 Å². The molecule has 1 aromatic heterocycles. The monoisotopic (exact) mass is 319 g/mol. The highest BCUT2D eigenvalue weighted by molar-refractivity contribution is 5.93. The Morgan fingerprint density at radius 3 is 2.50 bits per heavy atom. The van der Waals surface area contributed by atoms with Crippen molar-refractivity contribution in [3.05, 3.63) is 47.8 Å². The molecule has 0 unspecified atom stereocenters. The van der Waals surface area contributed by atoms with Crippen molar-refractivity contribution in [2.45, 2.75) is 6.92 Å². The second kappa shape index (κ2) is 6.47. The fourth-order valence-electron chi connectivity index (χ4n) is 2.46. The number of aryl methyl sites for hydroxylation is 1. The molecule has 0 spiro atoms. The molecule has 0 aliphatic carbocycles. The molecule has 3 aromatic rings. The second-order valence-corrected chi connectivity index (χ2v) is 5.25. The SMILES string of the molecule is C#Cc1ccc(C)c(Nc2ncnc3cc(OC)c(OC)cc23)c1. The van der Waals surface area contributed by atoms with Gasteiger partial charge in [-0.3, -0.25) is 0 Å². The molecule has 0 atom stereocenters. The van der Waals surface area contributed by atoms with Crippen LogP contribution in [-0.2, 0) is 0 Å². The van der Waals surface area contributed by atoms with Crippen LogP contribution in [-0.4, -0.2) is 24.2 Å². The molecule has 1 N–H and O–H groups in total. The molecule has 0 saturated heterocycles.